The summed E-state index contributed by atoms with van der Waals surface area (Å²) < 4.78 is 11.5. The summed E-state index contributed by atoms with van der Waals surface area (Å²) in [7, 11) is 0. The molecule has 3 aliphatic rings. The molecule has 1 aliphatic carbocycles. The monoisotopic (exact) mass is 474 g/mol. The van der Waals surface area contributed by atoms with E-state index in [9.17, 15) is 0 Å². The second-order valence-electron chi connectivity index (χ2n) is 8.89. The number of nitrogens with two attached hydrogens (primary N) is 1. The maximum atomic E-state index is 6.12. The second-order valence-corrected chi connectivity index (χ2v) is 8.89. The van der Waals surface area contributed by atoms with Crippen LogP contribution in [0.4, 0.5) is 5.82 Å². The predicted molar refractivity (Wildman–Crippen MR) is 141 cm³/mol. The highest BCUT2D eigenvalue weighted by Gasteiger charge is 2.19. The molecule has 2 saturated heterocycles. The molecule has 1 aromatic carbocycles. The summed E-state index contributed by atoms with van der Waals surface area (Å²) in [5.41, 5.74) is 10.3. The van der Waals surface area contributed by atoms with E-state index in [1.807, 2.05) is 6.08 Å². The van der Waals surface area contributed by atoms with Gasteiger partial charge in [-0.05, 0) is 29.7 Å². The lowest BCUT2D eigenvalue weighted by atomic mass is 9.95. The Morgan fingerprint density at radius 2 is 1.94 bits per heavy atom. The van der Waals surface area contributed by atoms with Gasteiger partial charge in [0.1, 0.15) is 12.4 Å². The van der Waals surface area contributed by atoms with Gasteiger partial charge in [-0.3, -0.25) is 4.90 Å². The number of fused-ring (bicyclic) bond motifs is 1. The summed E-state index contributed by atoms with van der Waals surface area (Å²) in [4.78, 5) is 14.3. The van der Waals surface area contributed by atoms with Crippen molar-refractivity contribution in [3.05, 3.63) is 65.9 Å². The molecule has 8 nitrogen and oxygen atoms in total. The van der Waals surface area contributed by atoms with E-state index in [4.69, 9.17) is 25.2 Å². The Labute approximate surface area is 206 Å². The van der Waals surface area contributed by atoms with Gasteiger partial charge < -0.3 is 25.4 Å². The molecule has 2 fully saturated rings. The number of nitrogens with one attached hydrogen (secondary N) is 1. The van der Waals surface area contributed by atoms with Crippen molar-refractivity contribution in [3.63, 3.8) is 0 Å². The third-order valence-corrected chi connectivity index (χ3v) is 6.63. The van der Waals surface area contributed by atoms with E-state index in [1.54, 1.807) is 6.20 Å². The van der Waals surface area contributed by atoms with Crippen LogP contribution in [0.15, 0.2) is 60.4 Å². The molecule has 2 aliphatic heterocycles. The Morgan fingerprint density at radius 1 is 1.09 bits per heavy atom. The van der Waals surface area contributed by atoms with Crippen LogP contribution in [-0.4, -0.2) is 80.5 Å². The number of nitrogens with zero attached hydrogens (tertiary/aromatic N) is 4. The lowest BCUT2D eigenvalue weighted by Gasteiger charge is -2.29. The molecule has 3 N–H and O–H groups in total. The Kier molecular flexibility index (Phi) is 7.72. The molecule has 8 heteroatoms. The summed E-state index contributed by atoms with van der Waals surface area (Å²) in [6.45, 7) is 8.49. The van der Waals surface area contributed by atoms with Crippen LogP contribution in [0.1, 0.15) is 12.0 Å². The molecular formula is C27H34N6O2. The molecule has 5 rings (SSSR count). The van der Waals surface area contributed by atoms with Crippen LogP contribution in [0, 0.1) is 0 Å². The van der Waals surface area contributed by atoms with Crippen molar-refractivity contribution in [1.29, 1.82) is 0 Å². The first-order valence-electron chi connectivity index (χ1n) is 12.5. The minimum atomic E-state index is 0.434. The SMILES string of the molecule is N/C=C(\C1=CC=CC=CC1)c1ccc2nc(OCCN3CCOCC3)nc(N3CCNCC3)c2c1. The number of rotatable bonds is 7. The Morgan fingerprint density at radius 3 is 2.77 bits per heavy atom. The standard InChI is InChI=1S/C27H34N6O2/c28-20-24(21-5-3-1-2-4-6-21)22-7-8-25-23(19-22)26(33-11-9-29-10-12-33)31-27(30-25)35-18-15-32-13-16-34-17-14-32/h1-5,7-8,19-20,29H,6,9-18,28H2/b24-20+. The van der Waals surface area contributed by atoms with E-state index >= 15 is 0 Å². The lowest BCUT2D eigenvalue weighted by Crippen LogP contribution is -2.44. The molecule has 0 saturated carbocycles. The lowest BCUT2D eigenvalue weighted by molar-refractivity contribution is 0.0317. The van der Waals surface area contributed by atoms with E-state index in [2.05, 4.69) is 57.6 Å². The first-order valence-corrected chi connectivity index (χ1v) is 12.5. The fraction of sp³-hybridized carbons (Fsp3) is 0.407. The molecule has 0 unspecified atom stereocenters. The van der Waals surface area contributed by atoms with Crippen molar-refractivity contribution in [2.75, 3.05) is 70.5 Å². The number of hydrogen-bond donors (Lipinski definition) is 2. The largest absolute Gasteiger partial charge is 0.462 e. The normalized spacial score (nSPS) is 19.6. The minimum absolute atomic E-state index is 0.434. The van der Waals surface area contributed by atoms with Crippen molar-refractivity contribution in [3.8, 4) is 6.01 Å². The van der Waals surface area contributed by atoms with Gasteiger partial charge in [-0.1, -0.05) is 36.4 Å². The highest BCUT2D eigenvalue weighted by atomic mass is 16.5. The van der Waals surface area contributed by atoms with Crippen molar-refractivity contribution in [2.45, 2.75) is 6.42 Å². The smallest absolute Gasteiger partial charge is 0.318 e. The van der Waals surface area contributed by atoms with Gasteiger partial charge in [0.2, 0.25) is 0 Å². The molecule has 3 heterocycles. The van der Waals surface area contributed by atoms with E-state index in [0.29, 0.717) is 12.6 Å². The van der Waals surface area contributed by atoms with Gasteiger partial charge in [0, 0.05) is 63.0 Å². The number of hydrogen-bond acceptors (Lipinski definition) is 8. The number of morpholine rings is 1. The average molecular weight is 475 g/mol. The van der Waals surface area contributed by atoms with Crippen molar-refractivity contribution in [2.24, 2.45) is 5.73 Å². The summed E-state index contributed by atoms with van der Waals surface area (Å²) >= 11 is 0. The van der Waals surface area contributed by atoms with Crippen LogP contribution in [0.25, 0.3) is 16.5 Å². The molecule has 0 amide bonds. The van der Waals surface area contributed by atoms with Crippen LogP contribution >= 0.6 is 0 Å². The number of benzene rings is 1. The molecule has 184 valence electrons. The molecule has 1 aromatic heterocycles. The van der Waals surface area contributed by atoms with Gasteiger partial charge >= 0.3 is 6.01 Å². The van der Waals surface area contributed by atoms with E-state index in [1.165, 1.54) is 5.57 Å². The molecule has 0 spiro atoms. The average Bonchev–Trinajstić information content (AvgIpc) is 3.19. The quantitative estimate of drug-likeness (QED) is 0.633. The zero-order valence-corrected chi connectivity index (χ0v) is 20.2. The molecule has 0 atom stereocenters. The number of anilines is 1. The Hall–Kier alpha value is -3.20. The third kappa shape index (κ3) is 5.73. The topological polar surface area (TPSA) is 88.8 Å². The second kappa shape index (κ2) is 11.5. The van der Waals surface area contributed by atoms with Crippen molar-refractivity contribution in [1.82, 2.24) is 20.2 Å². The fourth-order valence-electron chi connectivity index (χ4n) is 4.70. The summed E-state index contributed by atoms with van der Waals surface area (Å²) in [6.07, 6.45) is 13.0. The van der Waals surface area contributed by atoms with E-state index in [0.717, 1.165) is 93.3 Å². The fourth-order valence-corrected chi connectivity index (χ4v) is 4.70. The van der Waals surface area contributed by atoms with Crippen molar-refractivity contribution >= 4 is 22.3 Å². The van der Waals surface area contributed by atoms with Crippen LogP contribution in [-0.2, 0) is 4.74 Å². The van der Waals surface area contributed by atoms with Crippen LogP contribution in [0.2, 0.25) is 0 Å². The van der Waals surface area contributed by atoms with Gasteiger partial charge in [-0.2, -0.15) is 9.97 Å². The summed E-state index contributed by atoms with van der Waals surface area (Å²) in [6, 6.07) is 6.75. The highest BCUT2D eigenvalue weighted by molar-refractivity contribution is 5.94. The highest BCUT2D eigenvalue weighted by Crippen LogP contribution is 2.32. The van der Waals surface area contributed by atoms with Crippen molar-refractivity contribution < 1.29 is 9.47 Å². The maximum absolute atomic E-state index is 6.12. The molecule has 0 radical (unpaired) electrons. The zero-order valence-electron chi connectivity index (χ0n) is 20.2. The van der Waals surface area contributed by atoms with Gasteiger partial charge in [0.25, 0.3) is 0 Å². The van der Waals surface area contributed by atoms with Gasteiger partial charge in [0.05, 0.1) is 18.7 Å². The molecular weight excluding hydrogens is 440 g/mol. The van der Waals surface area contributed by atoms with Crippen LogP contribution < -0.4 is 20.7 Å². The number of ether oxygens (including phenoxy) is 2. The van der Waals surface area contributed by atoms with Crippen LogP contribution in [0.3, 0.4) is 0 Å². The number of allylic oxidation sites excluding steroid dienone is 7. The number of aromatic nitrogens is 2. The zero-order chi connectivity index (χ0) is 23.9. The summed E-state index contributed by atoms with van der Waals surface area (Å²) in [5.74, 6) is 0.922. The van der Waals surface area contributed by atoms with Crippen LogP contribution in [0.5, 0.6) is 6.01 Å². The van der Waals surface area contributed by atoms with Gasteiger partial charge in [-0.15, -0.1) is 0 Å². The number of piperazine rings is 1. The maximum Gasteiger partial charge on any atom is 0.318 e. The Bertz CT molecular complexity index is 1140. The van der Waals surface area contributed by atoms with Gasteiger partial charge in [-0.25, -0.2) is 0 Å². The molecule has 35 heavy (non-hydrogen) atoms. The van der Waals surface area contributed by atoms with Gasteiger partial charge in [0.15, 0.2) is 0 Å². The molecule has 2 aromatic rings. The minimum Gasteiger partial charge on any atom is -0.462 e. The first-order chi connectivity index (χ1) is 17.3. The predicted octanol–water partition coefficient (Wildman–Crippen LogP) is 2.49. The van der Waals surface area contributed by atoms with E-state index < -0.39 is 0 Å². The molecule has 0 bridgehead atoms. The Balaban J connectivity index is 1.44. The third-order valence-electron chi connectivity index (χ3n) is 6.63. The summed E-state index contributed by atoms with van der Waals surface area (Å²) in [5, 5.41) is 4.45. The van der Waals surface area contributed by atoms with E-state index in [-0.39, 0.29) is 0 Å². The first kappa shape index (κ1) is 23.5.